The highest BCUT2D eigenvalue weighted by molar-refractivity contribution is 5.88. The van der Waals surface area contributed by atoms with E-state index in [0.29, 0.717) is 5.56 Å². The molecule has 1 aliphatic rings. The van der Waals surface area contributed by atoms with Gasteiger partial charge in [0.2, 0.25) is 5.54 Å². The van der Waals surface area contributed by atoms with Gasteiger partial charge in [-0.1, -0.05) is 30.3 Å². The first-order chi connectivity index (χ1) is 10.4. The third-order valence-electron chi connectivity index (χ3n) is 4.44. The Kier molecular flexibility index (Phi) is 4.59. The van der Waals surface area contributed by atoms with E-state index in [1.165, 1.54) is 6.92 Å². The van der Waals surface area contributed by atoms with Crippen molar-refractivity contribution in [2.75, 3.05) is 6.61 Å². The Balaban J connectivity index is 2.49. The molecule has 1 aliphatic carbocycles. The molecule has 0 bridgehead atoms. The summed E-state index contributed by atoms with van der Waals surface area (Å²) >= 11 is 0. The molecule has 0 spiro atoms. The number of Topliss-reactive ketones (excluding diaryl/α,β-unsaturated/α-hetero) is 1. The summed E-state index contributed by atoms with van der Waals surface area (Å²) in [6.45, 7) is 3.22. The minimum absolute atomic E-state index is 0.0669. The molecule has 0 aliphatic heterocycles. The molecule has 22 heavy (non-hydrogen) atoms. The number of hydrogen-bond acceptors (Lipinski definition) is 5. The van der Waals surface area contributed by atoms with Gasteiger partial charge in [0, 0.05) is 24.7 Å². The molecule has 0 unspecified atom stereocenters. The molecule has 1 fully saturated rings. The molecule has 1 saturated carbocycles. The average Bonchev–Trinajstić information content (AvgIpc) is 2.50. The lowest BCUT2D eigenvalue weighted by Crippen LogP contribution is -2.55. The third-order valence-corrected chi connectivity index (χ3v) is 4.44. The summed E-state index contributed by atoms with van der Waals surface area (Å²) in [6, 6.07) is 8.86. The fourth-order valence-electron chi connectivity index (χ4n) is 3.15. The summed E-state index contributed by atoms with van der Waals surface area (Å²) in [5.41, 5.74) is -0.856. The summed E-state index contributed by atoms with van der Waals surface area (Å²) in [6.07, 6.45) is -0.0724. The number of nitrogens with zero attached hydrogens (tertiary/aromatic N) is 1. The highest BCUT2D eigenvalue weighted by Gasteiger charge is 2.60. The van der Waals surface area contributed by atoms with Gasteiger partial charge in [-0.15, -0.1) is 0 Å². The number of esters is 1. The SMILES string of the molecule is CCOC(=O)[C@@H]1CC(=O)C[C@H](c2ccccc2)[C@@]1(C)[N+](=O)[O-]. The number of hydrogen-bond donors (Lipinski definition) is 0. The lowest BCUT2D eigenvalue weighted by molar-refractivity contribution is -0.579. The number of ether oxygens (including phenoxy) is 1. The monoisotopic (exact) mass is 305 g/mol. The van der Waals surface area contributed by atoms with Crippen LogP contribution in [0.3, 0.4) is 0 Å². The molecular weight excluding hydrogens is 286 g/mol. The van der Waals surface area contributed by atoms with Crippen LogP contribution >= 0.6 is 0 Å². The second-order valence-corrected chi connectivity index (χ2v) is 5.70. The normalized spacial score (nSPS) is 28.2. The Bertz CT molecular complexity index is 585. The first-order valence-electron chi connectivity index (χ1n) is 7.29. The Morgan fingerprint density at radius 1 is 1.36 bits per heavy atom. The first-order valence-corrected chi connectivity index (χ1v) is 7.29. The highest BCUT2D eigenvalue weighted by atomic mass is 16.6. The van der Waals surface area contributed by atoms with Crippen molar-refractivity contribution in [3.8, 4) is 0 Å². The number of ketones is 1. The van der Waals surface area contributed by atoms with E-state index in [-0.39, 0.29) is 25.2 Å². The summed E-state index contributed by atoms with van der Waals surface area (Å²) in [5.74, 6) is -2.52. The van der Waals surface area contributed by atoms with Crippen molar-refractivity contribution in [1.82, 2.24) is 0 Å². The highest BCUT2D eigenvalue weighted by Crippen LogP contribution is 2.45. The van der Waals surface area contributed by atoms with E-state index in [2.05, 4.69) is 0 Å². The molecule has 1 aromatic rings. The van der Waals surface area contributed by atoms with Crippen LogP contribution in [0.2, 0.25) is 0 Å². The molecule has 0 N–H and O–H groups in total. The van der Waals surface area contributed by atoms with Gasteiger partial charge in [-0.05, 0) is 12.5 Å². The van der Waals surface area contributed by atoms with Crippen molar-refractivity contribution in [2.24, 2.45) is 5.92 Å². The zero-order valence-corrected chi connectivity index (χ0v) is 12.7. The molecule has 0 heterocycles. The largest absolute Gasteiger partial charge is 0.466 e. The minimum Gasteiger partial charge on any atom is -0.466 e. The Hall–Kier alpha value is -2.24. The maximum absolute atomic E-state index is 12.2. The second-order valence-electron chi connectivity index (χ2n) is 5.70. The van der Waals surface area contributed by atoms with E-state index in [1.807, 2.05) is 0 Å². The number of rotatable bonds is 4. The quantitative estimate of drug-likeness (QED) is 0.484. The van der Waals surface area contributed by atoms with Crippen molar-refractivity contribution in [3.63, 3.8) is 0 Å². The van der Waals surface area contributed by atoms with Gasteiger partial charge in [0.25, 0.3) is 0 Å². The van der Waals surface area contributed by atoms with Gasteiger partial charge in [0.15, 0.2) is 0 Å². The lowest BCUT2D eigenvalue weighted by atomic mass is 9.64. The van der Waals surface area contributed by atoms with Crippen LogP contribution < -0.4 is 0 Å². The molecule has 0 amide bonds. The van der Waals surface area contributed by atoms with Crippen LogP contribution in [0.1, 0.15) is 38.2 Å². The number of nitro groups is 1. The molecule has 6 nitrogen and oxygen atoms in total. The van der Waals surface area contributed by atoms with Crippen molar-refractivity contribution in [3.05, 3.63) is 46.0 Å². The van der Waals surface area contributed by atoms with Gasteiger partial charge >= 0.3 is 5.97 Å². The standard InChI is InChI=1S/C16H19NO5/c1-3-22-15(19)14-10-12(18)9-13(16(14,2)17(20)21)11-7-5-4-6-8-11/h4-8,13-14H,3,9-10H2,1-2H3/t13-,14+,16-/m1/s1. The van der Waals surface area contributed by atoms with E-state index in [0.717, 1.165) is 0 Å². The Labute approximate surface area is 128 Å². The molecule has 6 heteroatoms. The summed E-state index contributed by atoms with van der Waals surface area (Å²) in [4.78, 5) is 35.5. The summed E-state index contributed by atoms with van der Waals surface area (Å²) in [5, 5.41) is 11.8. The van der Waals surface area contributed by atoms with Crippen molar-refractivity contribution in [2.45, 2.75) is 38.1 Å². The van der Waals surface area contributed by atoms with Crippen LogP contribution in [0.25, 0.3) is 0 Å². The molecule has 0 radical (unpaired) electrons. The number of carbonyl (C=O) groups is 2. The van der Waals surface area contributed by atoms with Gasteiger partial charge in [0.1, 0.15) is 11.7 Å². The smallest absolute Gasteiger partial charge is 0.316 e. The zero-order chi connectivity index (χ0) is 16.3. The molecule has 2 rings (SSSR count). The van der Waals surface area contributed by atoms with E-state index in [9.17, 15) is 19.7 Å². The number of carbonyl (C=O) groups excluding carboxylic acids is 2. The maximum Gasteiger partial charge on any atom is 0.316 e. The Morgan fingerprint density at radius 2 is 2.00 bits per heavy atom. The fraction of sp³-hybridized carbons (Fsp3) is 0.500. The van der Waals surface area contributed by atoms with Crippen molar-refractivity contribution < 1.29 is 19.2 Å². The van der Waals surface area contributed by atoms with Gasteiger partial charge in [-0.3, -0.25) is 19.7 Å². The summed E-state index contributed by atoms with van der Waals surface area (Å²) in [7, 11) is 0. The van der Waals surface area contributed by atoms with Crippen molar-refractivity contribution >= 4 is 11.8 Å². The van der Waals surface area contributed by atoms with Gasteiger partial charge in [0.05, 0.1) is 12.5 Å². The molecule has 1 aromatic carbocycles. The van der Waals surface area contributed by atoms with Crippen LogP contribution in [-0.2, 0) is 14.3 Å². The van der Waals surface area contributed by atoms with Crippen LogP contribution in [0.15, 0.2) is 30.3 Å². The molecule has 3 atom stereocenters. The molecular formula is C16H19NO5. The third kappa shape index (κ3) is 2.73. The lowest BCUT2D eigenvalue weighted by Gasteiger charge is -2.38. The Morgan fingerprint density at radius 3 is 2.55 bits per heavy atom. The maximum atomic E-state index is 12.2. The van der Waals surface area contributed by atoms with Gasteiger partial charge in [-0.2, -0.15) is 0 Å². The van der Waals surface area contributed by atoms with E-state index in [4.69, 9.17) is 4.74 Å². The first kappa shape index (κ1) is 16.1. The van der Waals surface area contributed by atoms with Crippen LogP contribution in [0.4, 0.5) is 0 Å². The van der Waals surface area contributed by atoms with Gasteiger partial charge in [-0.25, -0.2) is 0 Å². The van der Waals surface area contributed by atoms with Crippen molar-refractivity contribution in [1.29, 1.82) is 0 Å². The predicted molar refractivity (Wildman–Crippen MR) is 78.9 cm³/mol. The topological polar surface area (TPSA) is 86.5 Å². The minimum atomic E-state index is -1.55. The fourth-order valence-corrected chi connectivity index (χ4v) is 3.15. The zero-order valence-electron chi connectivity index (χ0n) is 12.7. The van der Waals surface area contributed by atoms with E-state index < -0.39 is 28.3 Å². The van der Waals surface area contributed by atoms with Crippen LogP contribution in [-0.4, -0.2) is 28.8 Å². The molecule has 0 aromatic heterocycles. The van der Waals surface area contributed by atoms with Crippen LogP contribution in [0, 0.1) is 16.0 Å². The second kappa shape index (κ2) is 6.25. The van der Waals surface area contributed by atoms with Gasteiger partial charge < -0.3 is 4.74 Å². The predicted octanol–water partition coefficient (Wildman–Crippen LogP) is 2.35. The number of benzene rings is 1. The molecule has 0 saturated heterocycles. The van der Waals surface area contributed by atoms with Crippen LogP contribution in [0.5, 0.6) is 0 Å². The van der Waals surface area contributed by atoms with E-state index in [1.54, 1.807) is 37.3 Å². The summed E-state index contributed by atoms with van der Waals surface area (Å²) < 4.78 is 4.96. The van der Waals surface area contributed by atoms with E-state index >= 15 is 0 Å². The molecule has 118 valence electrons. The average molecular weight is 305 g/mol.